The van der Waals surface area contributed by atoms with E-state index in [4.69, 9.17) is 4.74 Å². The minimum Gasteiger partial charge on any atom is -0.375 e. The second-order valence-electron chi connectivity index (χ2n) is 8.13. The van der Waals surface area contributed by atoms with E-state index in [-0.39, 0.29) is 5.91 Å². The molecule has 2 unspecified atom stereocenters. The number of nitrogens with zero attached hydrogens (tertiary/aromatic N) is 6. The van der Waals surface area contributed by atoms with Gasteiger partial charge in [0.05, 0.1) is 25.3 Å². The molecule has 8 heteroatoms. The van der Waals surface area contributed by atoms with Crippen LogP contribution in [0, 0.1) is 6.92 Å². The number of piperazine rings is 1. The Morgan fingerprint density at radius 2 is 1.97 bits per heavy atom. The first-order valence-electron chi connectivity index (χ1n) is 10.5. The van der Waals surface area contributed by atoms with Crippen molar-refractivity contribution in [2.75, 3.05) is 24.6 Å². The van der Waals surface area contributed by atoms with E-state index >= 15 is 0 Å². The van der Waals surface area contributed by atoms with Crippen molar-refractivity contribution >= 4 is 17.4 Å². The maximum absolute atomic E-state index is 12.8. The van der Waals surface area contributed by atoms with Crippen LogP contribution in [0.4, 0.5) is 5.82 Å². The Hall–Kier alpha value is -3.00. The predicted molar refractivity (Wildman–Crippen MR) is 112 cm³/mol. The molecule has 156 valence electrons. The Morgan fingerprint density at radius 3 is 2.73 bits per heavy atom. The topological polar surface area (TPSA) is 75.9 Å². The summed E-state index contributed by atoms with van der Waals surface area (Å²) in [6.45, 7) is 4.40. The largest absolute Gasteiger partial charge is 0.375 e. The summed E-state index contributed by atoms with van der Waals surface area (Å²) in [5, 5.41) is 4.21. The third-order valence-electron chi connectivity index (χ3n) is 6.09. The van der Waals surface area contributed by atoms with E-state index in [9.17, 15) is 4.79 Å². The van der Waals surface area contributed by atoms with Gasteiger partial charge < -0.3 is 14.5 Å². The summed E-state index contributed by atoms with van der Waals surface area (Å²) >= 11 is 0. The van der Waals surface area contributed by atoms with Gasteiger partial charge >= 0.3 is 0 Å². The van der Waals surface area contributed by atoms with Gasteiger partial charge in [0, 0.05) is 31.4 Å². The molecule has 2 atom stereocenters. The average molecular weight is 406 g/mol. The van der Waals surface area contributed by atoms with Crippen molar-refractivity contribution in [3.8, 4) is 0 Å². The third-order valence-corrected chi connectivity index (χ3v) is 6.09. The van der Waals surface area contributed by atoms with Crippen molar-refractivity contribution in [1.82, 2.24) is 24.5 Å². The van der Waals surface area contributed by atoms with Crippen LogP contribution in [0.2, 0.25) is 0 Å². The molecular formula is C22H26N6O2. The SMILES string of the molecule is Cc1ccc(N2C3CCC2CN(C(=O)CCOCc2cccc4ncnn24)C3)nc1. The van der Waals surface area contributed by atoms with Crippen LogP contribution in [0.3, 0.4) is 0 Å². The molecule has 3 aromatic heterocycles. The zero-order valence-corrected chi connectivity index (χ0v) is 17.1. The lowest BCUT2D eigenvalue weighted by molar-refractivity contribution is -0.133. The summed E-state index contributed by atoms with van der Waals surface area (Å²) in [6.07, 6.45) is 6.08. The van der Waals surface area contributed by atoms with Gasteiger partial charge in [-0.3, -0.25) is 4.79 Å². The Labute approximate surface area is 175 Å². The average Bonchev–Trinajstić information content (AvgIpc) is 3.34. The molecule has 0 aromatic carbocycles. The smallest absolute Gasteiger partial charge is 0.225 e. The number of hydrogen-bond donors (Lipinski definition) is 0. The van der Waals surface area contributed by atoms with Gasteiger partial charge in [-0.25, -0.2) is 14.5 Å². The van der Waals surface area contributed by atoms with Crippen LogP contribution in [-0.2, 0) is 16.1 Å². The summed E-state index contributed by atoms with van der Waals surface area (Å²) < 4.78 is 7.53. The Balaban J connectivity index is 1.13. The summed E-state index contributed by atoms with van der Waals surface area (Å²) in [4.78, 5) is 26.0. The highest BCUT2D eigenvalue weighted by Crippen LogP contribution is 2.34. The number of aromatic nitrogens is 4. The van der Waals surface area contributed by atoms with Crippen LogP contribution in [0.15, 0.2) is 42.9 Å². The Bertz CT molecular complexity index is 1020. The van der Waals surface area contributed by atoms with Crippen molar-refractivity contribution in [2.24, 2.45) is 0 Å². The van der Waals surface area contributed by atoms with E-state index in [0.29, 0.717) is 31.7 Å². The number of amides is 1. The van der Waals surface area contributed by atoms with Gasteiger partial charge in [0.2, 0.25) is 5.91 Å². The van der Waals surface area contributed by atoms with Crippen LogP contribution >= 0.6 is 0 Å². The molecule has 5 heterocycles. The lowest BCUT2D eigenvalue weighted by Crippen LogP contribution is -2.55. The zero-order chi connectivity index (χ0) is 20.5. The molecule has 2 saturated heterocycles. The van der Waals surface area contributed by atoms with Crippen LogP contribution in [0.25, 0.3) is 5.65 Å². The highest BCUT2D eigenvalue weighted by Gasteiger charge is 2.41. The third kappa shape index (κ3) is 3.63. The number of fused-ring (bicyclic) bond motifs is 3. The highest BCUT2D eigenvalue weighted by atomic mass is 16.5. The molecule has 2 fully saturated rings. The predicted octanol–water partition coefficient (Wildman–Crippen LogP) is 2.22. The molecule has 2 aliphatic rings. The molecule has 2 aliphatic heterocycles. The molecule has 8 nitrogen and oxygen atoms in total. The summed E-state index contributed by atoms with van der Waals surface area (Å²) in [6, 6.07) is 10.7. The van der Waals surface area contributed by atoms with Gasteiger partial charge in [0.15, 0.2) is 5.65 Å². The molecule has 0 aliphatic carbocycles. The van der Waals surface area contributed by atoms with E-state index in [2.05, 4.69) is 39.0 Å². The number of pyridine rings is 2. The monoisotopic (exact) mass is 406 g/mol. The minimum atomic E-state index is 0.169. The van der Waals surface area contributed by atoms with E-state index in [1.165, 1.54) is 11.9 Å². The number of hydrogen-bond acceptors (Lipinski definition) is 6. The maximum Gasteiger partial charge on any atom is 0.225 e. The maximum atomic E-state index is 12.8. The van der Waals surface area contributed by atoms with Crippen molar-refractivity contribution in [3.63, 3.8) is 0 Å². The lowest BCUT2D eigenvalue weighted by atomic mass is 10.1. The van der Waals surface area contributed by atoms with E-state index in [1.807, 2.05) is 29.3 Å². The van der Waals surface area contributed by atoms with Gasteiger partial charge in [0.25, 0.3) is 0 Å². The fraction of sp³-hybridized carbons (Fsp3) is 0.455. The molecule has 0 radical (unpaired) electrons. The summed E-state index contributed by atoms with van der Waals surface area (Å²) in [5.74, 6) is 1.20. The molecule has 0 saturated carbocycles. The molecule has 1 amide bonds. The zero-order valence-electron chi connectivity index (χ0n) is 17.1. The first kappa shape index (κ1) is 19.0. The van der Waals surface area contributed by atoms with Gasteiger partial charge in [0.1, 0.15) is 12.1 Å². The second kappa shape index (κ2) is 8.02. The number of carbonyl (C=O) groups is 1. The number of likely N-dealkylation sites (tertiary alicyclic amines) is 1. The molecule has 3 aromatic rings. The van der Waals surface area contributed by atoms with E-state index in [1.54, 1.807) is 4.52 Å². The fourth-order valence-electron chi connectivity index (χ4n) is 4.60. The van der Waals surface area contributed by atoms with E-state index < -0.39 is 0 Å². The minimum absolute atomic E-state index is 0.169. The molecule has 5 rings (SSSR count). The fourth-order valence-corrected chi connectivity index (χ4v) is 4.60. The Kier molecular flexibility index (Phi) is 5.08. The number of rotatable bonds is 6. The standard InChI is InChI=1S/C22H26N6O2/c1-16-5-8-20(23-11-16)27-17-6-7-18(27)13-26(12-17)22(29)9-10-30-14-19-3-2-4-21-24-15-25-28(19)21/h2-5,8,11,15,17-18H,6-7,9-10,12-14H2,1H3. The van der Waals surface area contributed by atoms with Gasteiger partial charge in [-0.05, 0) is 43.5 Å². The van der Waals surface area contributed by atoms with Crippen molar-refractivity contribution < 1.29 is 9.53 Å². The lowest BCUT2D eigenvalue weighted by Gasteiger charge is -2.41. The first-order chi connectivity index (χ1) is 14.7. The molecule has 30 heavy (non-hydrogen) atoms. The Morgan fingerprint density at radius 1 is 1.13 bits per heavy atom. The van der Waals surface area contributed by atoms with Crippen molar-refractivity contribution in [1.29, 1.82) is 0 Å². The van der Waals surface area contributed by atoms with Crippen LogP contribution in [0.5, 0.6) is 0 Å². The van der Waals surface area contributed by atoms with Crippen molar-refractivity contribution in [2.45, 2.75) is 44.9 Å². The van der Waals surface area contributed by atoms with Crippen LogP contribution < -0.4 is 4.90 Å². The van der Waals surface area contributed by atoms with Gasteiger partial charge in [-0.15, -0.1) is 0 Å². The molecular weight excluding hydrogens is 380 g/mol. The number of carbonyl (C=O) groups excluding carboxylic acids is 1. The normalized spacial score (nSPS) is 20.8. The second-order valence-corrected chi connectivity index (χ2v) is 8.13. The molecule has 0 spiro atoms. The van der Waals surface area contributed by atoms with Gasteiger partial charge in [-0.1, -0.05) is 12.1 Å². The summed E-state index contributed by atoms with van der Waals surface area (Å²) in [7, 11) is 0. The van der Waals surface area contributed by atoms with E-state index in [0.717, 1.165) is 43.1 Å². The highest BCUT2D eigenvalue weighted by molar-refractivity contribution is 5.77. The van der Waals surface area contributed by atoms with Crippen LogP contribution in [-0.4, -0.2) is 62.2 Å². The van der Waals surface area contributed by atoms with Crippen molar-refractivity contribution in [3.05, 3.63) is 54.1 Å². The number of aryl methyl sites for hydroxylation is 1. The quantitative estimate of drug-likeness (QED) is 0.585. The number of anilines is 1. The first-order valence-corrected chi connectivity index (χ1v) is 10.5. The molecule has 2 bridgehead atoms. The number of ether oxygens (including phenoxy) is 1. The van der Waals surface area contributed by atoms with Crippen LogP contribution in [0.1, 0.15) is 30.5 Å². The van der Waals surface area contributed by atoms with Gasteiger partial charge in [-0.2, -0.15) is 5.10 Å². The molecule has 0 N–H and O–H groups in total. The summed E-state index contributed by atoms with van der Waals surface area (Å²) in [5.41, 5.74) is 2.89.